The normalized spacial score (nSPS) is 17.9. The van der Waals surface area contributed by atoms with E-state index in [1.807, 2.05) is 35.2 Å². The van der Waals surface area contributed by atoms with Crippen molar-refractivity contribution in [1.82, 2.24) is 19.7 Å². The summed E-state index contributed by atoms with van der Waals surface area (Å²) in [5.74, 6) is 1.63. The molecular weight excluding hydrogens is 562 g/mol. The highest BCUT2D eigenvalue weighted by Gasteiger charge is 2.38. The number of nitrogens with one attached hydrogen (secondary N) is 1. The Morgan fingerprint density at radius 2 is 1.80 bits per heavy atom. The average Bonchev–Trinajstić information content (AvgIpc) is 3.43. The van der Waals surface area contributed by atoms with Crippen molar-refractivity contribution in [1.29, 1.82) is 5.26 Å². The molecule has 3 aromatic rings. The number of benzene rings is 1. The van der Waals surface area contributed by atoms with Gasteiger partial charge in [-0.2, -0.15) is 10.4 Å². The Morgan fingerprint density at radius 3 is 2.45 bits per heavy atom. The van der Waals surface area contributed by atoms with Crippen molar-refractivity contribution in [2.24, 2.45) is 0 Å². The molecule has 2 fully saturated rings. The van der Waals surface area contributed by atoms with E-state index < -0.39 is 6.10 Å². The number of aromatic nitrogens is 3. The number of nitriles is 1. The minimum absolute atomic E-state index is 0.0232. The molecule has 4 heterocycles. The minimum atomic E-state index is -0.508. The molecule has 0 radical (unpaired) electrons. The number of nitrogens with zero attached hydrogens (tertiary/aromatic N) is 6. The number of methoxy groups -OCH3 is 2. The van der Waals surface area contributed by atoms with Gasteiger partial charge in [0.2, 0.25) is 0 Å². The highest BCUT2D eigenvalue weighted by molar-refractivity contribution is 5.83. The zero-order valence-electron chi connectivity index (χ0n) is 25.4. The van der Waals surface area contributed by atoms with Gasteiger partial charge in [-0.25, -0.2) is 9.67 Å². The number of carbonyl (C=O) groups excluding carboxylic acids is 1. The average molecular weight is 602 g/mol. The Bertz CT molecular complexity index is 1510. The van der Waals surface area contributed by atoms with Gasteiger partial charge in [-0.3, -0.25) is 9.59 Å². The van der Waals surface area contributed by atoms with E-state index in [1.54, 1.807) is 39.6 Å². The van der Waals surface area contributed by atoms with E-state index in [0.717, 1.165) is 43.1 Å². The molecule has 5 rings (SSSR count). The quantitative estimate of drug-likeness (QED) is 0.330. The lowest BCUT2D eigenvalue weighted by atomic mass is 10.0. The van der Waals surface area contributed by atoms with Gasteiger partial charge in [0, 0.05) is 51.0 Å². The number of amides is 1. The van der Waals surface area contributed by atoms with Crippen LogP contribution in [-0.4, -0.2) is 90.8 Å². The third-order valence-electron chi connectivity index (χ3n) is 8.30. The molecule has 0 spiro atoms. The van der Waals surface area contributed by atoms with Crippen LogP contribution in [0.2, 0.25) is 0 Å². The van der Waals surface area contributed by atoms with Crippen LogP contribution in [0.3, 0.4) is 0 Å². The number of piperidine rings is 1. The molecule has 2 aliphatic heterocycles. The minimum Gasteiger partial charge on any atom is -0.497 e. The monoisotopic (exact) mass is 601 g/mol. The standard InChI is InChI=1S/C32H39N7O5/c1-22-28(18-35-39(31(22)40)19-23-4-7-27(43-3)8-5-23)36-25(20-42-2)21-44-29-12-15-38(32(29)41)26-10-13-37(14-11-26)30-9-6-24(16-33)17-34-30/h4-9,17-18,25-26,29,36H,10-15,19-21H2,1-3H3/t25-,29?/m0/s1. The summed E-state index contributed by atoms with van der Waals surface area (Å²) in [6.07, 6.45) is 5.07. The predicted molar refractivity (Wildman–Crippen MR) is 165 cm³/mol. The SMILES string of the molecule is COC[C@@H](COC1CCN(C2CCN(c3ccc(C#N)cn3)CC2)C1=O)Nc1cnn(Cc2ccc(OC)cc2)c(=O)c1C. The van der Waals surface area contributed by atoms with Crippen LogP contribution in [0.5, 0.6) is 5.75 Å². The summed E-state index contributed by atoms with van der Waals surface area (Å²) in [4.78, 5) is 35.0. The molecule has 1 amide bonds. The number of pyridine rings is 1. The van der Waals surface area contributed by atoms with Crippen LogP contribution in [0.1, 0.15) is 36.0 Å². The second-order valence-electron chi connectivity index (χ2n) is 11.2. The molecule has 2 atom stereocenters. The second kappa shape index (κ2) is 14.3. The lowest BCUT2D eigenvalue weighted by Gasteiger charge is -2.37. The van der Waals surface area contributed by atoms with Gasteiger partial charge >= 0.3 is 0 Å². The molecule has 1 aromatic carbocycles. The largest absolute Gasteiger partial charge is 0.497 e. The Balaban J connectivity index is 1.13. The highest BCUT2D eigenvalue weighted by atomic mass is 16.5. The summed E-state index contributed by atoms with van der Waals surface area (Å²) in [5, 5.41) is 16.7. The van der Waals surface area contributed by atoms with Gasteiger partial charge < -0.3 is 29.3 Å². The summed E-state index contributed by atoms with van der Waals surface area (Å²) >= 11 is 0. The van der Waals surface area contributed by atoms with E-state index in [9.17, 15) is 9.59 Å². The molecule has 1 N–H and O–H groups in total. The van der Waals surface area contributed by atoms with Crippen molar-refractivity contribution >= 4 is 17.4 Å². The number of rotatable bonds is 12. The topological polar surface area (TPSA) is 135 Å². The lowest BCUT2D eigenvalue weighted by molar-refractivity contribution is -0.139. The molecule has 0 aliphatic carbocycles. The molecule has 0 bridgehead atoms. The summed E-state index contributed by atoms with van der Waals surface area (Å²) in [7, 11) is 3.22. The molecule has 0 saturated carbocycles. The lowest BCUT2D eigenvalue weighted by Crippen LogP contribution is -2.47. The summed E-state index contributed by atoms with van der Waals surface area (Å²) in [6, 6.07) is 13.2. The first-order valence-electron chi connectivity index (χ1n) is 14.9. The fourth-order valence-corrected chi connectivity index (χ4v) is 5.77. The van der Waals surface area contributed by atoms with Crippen molar-refractivity contribution in [3.05, 3.63) is 75.8 Å². The van der Waals surface area contributed by atoms with Crippen LogP contribution in [-0.2, 0) is 20.8 Å². The number of carbonyl (C=O) groups is 1. The molecule has 232 valence electrons. The van der Waals surface area contributed by atoms with Gasteiger partial charge in [-0.1, -0.05) is 12.1 Å². The van der Waals surface area contributed by atoms with Crippen molar-refractivity contribution in [2.75, 3.05) is 57.3 Å². The third kappa shape index (κ3) is 7.18. The van der Waals surface area contributed by atoms with Crippen molar-refractivity contribution < 1.29 is 19.0 Å². The molecule has 2 saturated heterocycles. The summed E-state index contributed by atoms with van der Waals surface area (Å²) < 4.78 is 18.2. The van der Waals surface area contributed by atoms with Crippen LogP contribution in [0.15, 0.2) is 53.6 Å². The molecule has 1 unspecified atom stereocenters. The van der Waals surface area contributed by atoms with E-state index in [4.69, 9.17) is 19.5 Å². The molecular formula is C32H39N7O5. The van der Waals surface area contributed by atoms with Crippen LogP contribution < -0.4 is 20.5 Å². The first kappa shape index (κ1) is 31.0. The second-order valence-corrected chi connectivity index (χ2v) is 11.2. The maximum atomic E-state index is 13.3. The van der Waals surface area contributed by atoms with Gasteiger partial charge in [0.05, 0.1) is 50.4 Å². The van der Waals surface area contributed by atoms with Crippen molar-refractivity contribution in [3.63, 3.8) is 0 Å². The number of likely N-dealkylation sites (tertiary alicyclic amines) is 1. The Morgan fingerprint density at radius 1 is 1.02 bits per heavy atom. The van der Waals surface area contributed by atoms with Crippen LogP contribution >= 0.6 is 0 Å². The Kier molecular flexibility index (Phi) is 10.1. The highest BCUT2D eigenvalue weighted by Crippen LogP contribution is 2.26. The molecule has 2 aromatic heterocycles. The van der Waals surface area contributed by atoms with Gasteiger partial charge in [0.25, 0.3) is 11.5 Å². The summed E-state index contributed by atoms with van der Waals surface area (Å²) in [6.45, 7) is 4.95. The molecule has 44 heavy (non-hydrogen) atoms. The van der Waals surface area contributed by atoms with E-state index >= 15 is 0 Å². The van der Waals surface area contributed by atoms with Crippen LogP contribution in [0.25, 0.3) is 0 Å². The third-order valence-corrected chi connectivity index (χ3v) is 8.30. The van der Waals surface area contributed by atoms with Gasteiger partial charge in [0.15, 0.2) is 0 Å². The number of ether oxygens (including phenoxy) is 3. The number of hydrogen-bond donors (Lipinski definition) is 1. The first-order chi connectivity index (χ1) is 21.4. The van der Waals surface area contributed by atoms with E-state index in [1.165, 1.54) is 4.68 Å². The van der Waals surface area contributed by atoms with Crippen molar-refractivity contribution in [3.8, 4) is 11.8 Å². The van der Waals surface area contributed by atoms with E-state index in [2.05, 4.69) is 26.4 Å². The first-order valence-corrected chi connectivity index (χ1v) is 14.9. The maximum absolute atomic E-state index is 13.3. The van der Waals surface area contributed by atoms with E-state index in [0.29, 0.717) is 42.9 Å². The zero-order valence-corrected chi connectivity index (χ0v) is 25.4. The zero-order chi connectivity index (χ0) is 31.1. The maximum Gasteiger partial charge on any atom is 0.272 e. The van der Waals surface area contributed by atoms with Gasteiger partial charge in [-0.05, 0) is 49.6 Å². The number of hydrogen-bond acceptors (Lipinski definition) is 10. The predicted octanol–water partition coefficient (Wildman–Crippen LogP) is 2.59. The fourth-order valence-electron chi connectivity index (χ4n) is 5.77. The summed E-state index contributed by atoms with van der Waals surface area (Å²) in [5.41, 5.74) is 2.44. The smallest absolute Gasteiger partial charge is 0.272 e. The Labute approximate surface area is 257 Å². The van der Waals surface area contributed by atoms with Gasteiger partial charge in [0.1, 0.15) is 23.7 Å². The Hall–Kier alpha value is -4.47. The van der Waals surface area contributed by atoms with Crippen molar-refractivity contribution in [2.45, 2.75) is 50.9 Å². The van der Waals surface area contributed by atoms with Gasteiger partial charge in [-0.15, -0.1) is 0 Å². The molecule has 2 aliphatic rings. The number of anilines is 2. The fraction of sp³-hybridized carbons (Fsp3) is 0.469. The molecule has 12 heteroatoms. The molecule has 12 nitrogen and oxygen atoms in total. The van der Waals surface area contributed by atoms with Crippen LogP contribution in [0.4, 0.5) is 11.5 Å². The van der Waals surface area contributed by atoms with E-state index in [-0.39, 0.29) is 30.2 Å². The van der Waals surface area contributed by atoms with Crippen LogP contribution in [0, 0.1) is 18.3 Å².